The molecule has 2 aromatic rings. The van der Waals surface area contributed by atoms with Crippen LogP contribution in [0.1, 0.15) is 12.6 Å². The van der Waals surface area contributed by atoms with E-state index in [4.69, 9.17) is 15.2 Å². The topological polar surface area (TPSA) is 131 Å². The molecule has 5 N–H and O–H groups in total. The van der Waals surface area contributed by atoms with E-state index >= 15 is 0 Å². The van der Waals surface area contributed by atoms with Gasteiger partial charge in [0.2, 0.25) is 0 Å². The van der Waals surface area contributed by atoms with Crippen molar-refractivity contribution < 1.29 is 19.7 Å². The van der Waals surface area contributed by atoms with Gasteiger partial charge in [-0.3, -0.25) is 4.90 Å². The van der Waals surface area contributed by atoms with Gasteiger partial charge in [-0.05, 0) is 19.0 Å². The molecule has 5 atom stereocenters. The summed E-state index contributed by atoms with van der Waals surface area (Å²) >= 11 is 0. The summed E-state index contributed by atoms with van der Waals surface area (Å²) in [6.45, 7) is 4.47. The fourth-order valence-corrected chi connectivity index (χ4v) is 4.70. The van der Waals surface area contributed by atoms with E-state index in [1.807, 2.05) is 0 Å². The lowest BCUT2D eigenvalue weighted by molar-refractivity contribution is -0.0978. The summed E-state index contributed by atoms with van der Waals surface area (Å²) < 4.78 is 13.6. The van der Waals surface area contributed by atoms with Crippen LogP contribution >= 0.6 is 0 Å². The Morgan fingerprint density at radius 1 is 1.32 bits per heavy atom. The predicted molar refractivity (Wildman–Crippen MR) is 100 cm³/mol. The number of nitrogens with zero attached hydrogens (tertiary/aromatic N) is 4. The van der Waals surface area contributed by atoms with E-state index in [0.29, 0.717) is 36.6 Å². The maximum Gasteiger partial charge on any atom is 0.164 e. The monoisotopic (exact) mass is 390 g/mol. The Labute approximate surface area is 162 Å². The average Bonchev–Trinajstić information content (AvgIpc) is 3.40. The molecule has 5 rings (SSSR count). The third-order valence-corrected chi connectivity index (χ3v) is 6.32. The number of aliphatic hydroxyl groups is 2. The lowest BCUT2D eigenvalue weighted by Crippen LogP contribution is -2.60. The highest BCUT2D eigenvalue weighted by molar-refractivity contribution is 5.86. The molecule has 10 heteroatoms. The molecular formula is C18H26N6O4. The zero-order chi connectivity index (χ0) is 19.3. The number of rotatable bonds is 3. The molecule has 0 radical (unpaired) electrons. The first kappa shape index (κ1) is 18.2. The molecule has 3 aliphatic rings. The molecule has 0 bridgehead atoms. The number of hydrogen-bond donors (Lipinski definition) is 4. The number of aliphatic hydroxyl groups excluding tert-OH is 2. The van der Waals surface area contributed by atoms with Crippen LogP contribution in [0.15, 0.2) is 18.6 Å². The summed E-state index contributed by atoms with van der Waals surface area (Å²) in [5, 5.41) is 25.5. The first-order valence-electron chi connectivity index (χ1n) is 9.71. The standard InChI is InChI=1S/C18H26N6O4/c19-15-11-1-4-24(16(11)22-10-21-15)17-14(26)13(25)12(28-17)7-23-5-6-27-9-18(23)2-3-20-8-18/h1,4,10,12-14,17,20,25-26H,2-3,5-9H2,(H2,19,21,22)/t12-,13-,14-,17-,18?/m1/s1. The summed E-state index contributed by atoms with van der Waals surface area (Å²) in [6, 6.07) is 1.79. The molecule has 0 saturated carbocycles. The van der Waals surface area contributed by atoms with Gasteiger partial charge in [0, 0.05) is 25.8 Å². The fourth-order valence-electron chi connectivity index (χ4n) is 4.70. The van der Waals surface area contributed by atoms with Gasteiger partial charge < -0.3 is 35.3 Å². The van der Waals surface area contributed by atoms with Crippen molar-refractivity contribution >= 4 is 16.9 Å². The zero-order valence-corrected chi connectivity index (χ0v) is 15.6. The van der Waals surface area contributed by atoms with Gasteiger partial charge >= 0.3 is 0 Å². The summed E-state index contributed by atoms with van der Waals surface area (Å²) in [5.41, 5.74) is 6.42. The minimum atomic E-state index is -1.06. The molecule has 1 unspecified atom stereocenters. The molecule has 0 aromatic carbocycles. The minimum absolute atomic E-state index is 0.0633. The second-order valence-corrected chi connectivity index (χ2v) is 7.92. The SMILES string of the molecule is Nc1ncnc2c1ccn2[C@@H]1O[C@H](CN2CCOCC23CCNC3)[C@@H](O)[C@H]1O. The van der Waals surface area contributed by atoms with Crippen LogP contribution in [0, 0.1) is 0 Å². The van der Waals surface area contributed by atoms with Crippen molar-refractivity contribution in [1.82, 2.24) is 24.8 Å². The van der Waals surface area contributed by atoms with Crippen LogP contribution in [-0.4, -0.2) is 92.9 Å². The van der Waals surface area contributed by atoms with Crippen molar-refractivity contribution in [3.8, 4) is 0 Å². The maximum absolute atomic E-state index is 10.7. The molecule has 3 fully saturated rings. The molecule has 1 spiro atoms. The highest BCUT2D eigenvalue weighted by Gasteiger charge is 2.48. The number of morpholine rings is 1. The van der Waals surface area contributed by atoms with Gasteiger partial charge in [-0.25, -0.2) is 9.97 Å². The first-order chi connectivity index (χ1) is 13.6. The molecule has 0 aliphatic carbocycles. The smallest absolute Gasteiger partial charge is 0.164 e. The third kappa shape index (κ3) is 2.79. The molecule has 5 heterocycles. The van der Waals surface area contributed by atoms with E-state index in [9.17, 15) is 10.2 Å². The van der Waals surface area contributed by atoms with E-state index in [1.165, 1.54) is 6.33 Å². The van der Waals surface area contributed by atoms with Crippen LogP contribution in [0.4, 0.5) is 5.82 Å². The van der Waals surface area contributed by atoms with Gasteiger partial charge in [-0.15, -0.1) is 0 Å². The van der Waals surface area contributed by atoms with Gasteiger partial charge in [-0.2, -0.15) is 0 Å². The first-order valence-corrected chi connectivity index (χ1v) is 9.71. The van der Waals surface area contributed by atoms with Crippen molar-refractivity contribution in [2.24, 2.45) is 0 Å². The Balaban J connectivity index is 1.38. The second-order valence-electron chi connectivity index (χ2n) is 7.92. The van der Waals surface area contributed by atoms with Crippen molar-refractivity contribution in [3.63, 3.8) is 0 Å². The number of ether oxygens (including phenoxy) is 2. The van der Waals surface area contributed by atoms with E-state index in [-0.39, 0.29) is 5.54 Å². The average molecular weight is 390 g/mol. The van der Waals surface area contributed by atoms with Crippen LogP contribution in [-0.2, 0) is 9.47 Å². The van der Waals surface area contributed by atoms with Crippen molar-refractivity contribution in [2.45, 2.75) is 36.5 Å². The van der Waals surface area contributed by atoms with Gasteiger partial charge in [0.15, 0.2) is 6.23 Å². The van der Waals surface area contributed by atoms with Gasteiger partial charge in [0.1, 0.15) is 36.1 Å². The van der Waals surface area contributed by atoms with Gasteiger partial charge in [0.25, 0.3) is 0 Å². The second kappa shape index (κ2) is 6.90. The van der Waals surface area contributed by atoms with Crippen LogP contribution < -0.4 is 11.1 Å². The van der Waals surface area contributed by atoms with E-state index < -0.39 is 24.5 Å². The van der Waals surface area contributed by atoms with E-state index in [0.717, 1.165) is 26.1 Å². The molecule has 3 saturated heterocycles. The quantitative estimate of drug-likeness (QED) is 0.505. The molecule has 152 valence electrons. The van der Waals surface area contributed by atoms with E-state index in [1.54, 1.807) is 16.8 Å². The van der Waals surface area contributed by atoms with Crippen molar-refractivity contribution in [1.29, 1.82) is 0 Å². The number of nitrogens with two attached hydrogens (primary N) is 1. The molecule has 0 amide bonds. The number of aromatic nitrogens is 3. The van der Waals surface area contributed by atoms with Crippen LogP contribution in [0.2, 0.25) is 0 Å². The van der Waals surface area contributed by atoms with Crippen LogP contribution in [0.3, 0.4) is 0 Å². The number of anilines is 1. The summed E-state index contributed by atoms with van der Waals surface area (Å²) in [5.74, 6) is 0.373. The third-order valence-electron chi connectivity index (χ3n) is 6.32. The fraction of sp³-hybridized carbons (Fsp3) is 0.667. The Hall–Kier alpha value is -1.82. The molecule has 28 heavy (non-hydrogen) atoms. The Morgan fingerprint density at radius 3 is 3.04 bits per heavy atom. The molecular weight excluding hydrogens is 364 g/mol. The highest BCUT2D eigenvalue weighted by Crippen LogP contribution is 2.35. The highest BCUT2D eigenvalue weighted by atomic mass is 16.6. The summed E-state index contributed by atoms with van der Waals surface area (Å²) in [4.78, 5) is 10.6. The summed E-state index contributed by atoms with van der Waals surface area (Å²) in [7, 11) is 0. The number of nitrogen functional groups attached to an aromatic ring is 1. The lowest BCUT2D eigenvalue weighted by atomic mass is 9.94. The van der Waals surface area contributed by atoms with Crippen LogP contribution in [0.25, 0.3) is 11.0 Å². The predicted octanol–water partition coefficient (Wildman–Crippen LogP) is -1.30. The van der Waals surface area contributed by atoms with Crippen LogP contribution in [0.5, 0.6) is 0 Å². The number of fused-ring (bicyclic) bond motifs is 1. The minimum Gasteiger partial charge on any atom is -0.387 e. The number of hydrogen-bond acceptors (Lipinski definition) is 9. The molecule has 10 nitrogen and oxygen atoms in total. The van der Waals surface area contributed by atoms with Crippen molar-refractivity contribution in [3.05, 3.63) is 18.6 Å². The molecule has 3 aliphatic heterocycles. The number of nitrogens with one attached hydrogen (secondary N) is 1. The Morgan fingerprint density at radius 2 is 2.21 bits per heavy atom. The van der Waals surface area contributed by atoms with Gasteiger partial charge in [0.05, 0.1) is 24.1 Å². The normalized spacial score (nSPS) is 36.6. The van der Waals surface area contributed by atoms with E-state index in [2.05, 4.69) is 20.2 Å². The van der Waals surface area contributed by atoms with Crippen molar-refractivity contribution in [2.75, 3.05) is 45.1 Å². The zero-order valence-electron chi connectivity index (χ0n) is 15.6. The lowest BCUT2D eigenvalue weighted by Gasteiger charge is -2.45. The largest absolute Gasteiger partial charge is 0.387 e. The summed E-state index contributed by atoms with van der Waals surface area (Å²) in [6.07, 6.45) is 0.855. The maximum atomic E-state index is 10.7. The Bertz CT molecular complexity index is 854. The van der Waals surface area contributed by atoms with Gasteiger partial charge in [-0.1, -0.05) is 0 Å². The Kier molecular flexibility index (Phi) is 4.49. The molecule has 2 aromatic heterocycles.